The Balaban J connectivity index is 1.90. The van der Waals surface area contributed by atoms with Crippen molar-refractivity contribution in [2.24, 2.45) is 0 Å². The van der Waals surface area contributed by atoms with Crippen LogP contribution in [0.25, 0.3) is 10.9 Å². The minimum absolute atomic E-state index is 0.727. The summed E-state index contributed by atoms with van der Waals surface area (Å²) in [6, 6.07) is 14.6. The van der Waals surface area contributed by atoms with Gasteiger partial charge in [0, 0.05) is 22.1 Å². The van der Waals surface area contributed by atoms with Crippen molar-refractivity contribution in [2.45, 2.75) is 26.9 Å². The smallest absolute Gasteiger partial charge is 0.0894 e. The SMILES string of the molecule is CCn1nc(CNc2cccc(Br)c2C)c2ccccc21. The molecule has 0 aliphatic carbocycles. The second-order valence-corrected chi connectivity index (χ2v) is 5.90. The molecule has 21 heavy (non-hydrogen) atoms. The van der Waals surface area contributed by atoms with E-state index in [1.54, 1.807) is 0 Å². The number of rotatable bonds is 4. The molecular weight excluding hydrogens is 326 g/mol. The first kappa shape index (κ1) is 14.1. The summed E-state index contributed by atoms with van der Waals surface area (Å²) in [7, 11) is 0. The minimum Gasteiger partial charge on any atom is -0.379 e. The first-order valence-corrected chi connectivity index (χ1v) is 7.93. The van der Waals surface area contributed by atoms with Crippen LogP contribution in [0, 0.1) is 6.92 Å². The summed E-state index contributed by atoms with van der Waals surface area (Å²) in [4.78, 5) is 0. The zero-order chi connectivity index (χ0) is 14.8. The fourth-order valence-electron chi connectivity index (χ4n) is 2.55. The minimum atomic E-state index is 0.727. The molecule has 0 fully saturated rings. The van der Waals surface area contributed by atoms with E-state index in [4.69, 9.17) is 5.10 Å². The normalized spacial score (nSPS) is 11.0. The first-order valence-electron chi connectivity index (χ1n) is 7.14. The molecule has 0 bridgehead atoms. The highest BCUT2D eigenvalue weighted by Crippen LogP contribution is 2.25. The lowest BCUT2D eigenvalue weighted by Crippen LogP contribution is -2.03. The maximum Gasteiger partial charge on any atom is 0.0894 e. The van der Waals surface area contributed by atoms with Crippen molar-refractivity contribution < 1.29 is 0 Å². The van der Waals surface area contributed by atoms with E-state index >= 15 is 0 Å². The molecule has 108 valence electrons. The maximum absolute atomic E-state index is 4.72. The van der Waals surface area contributed by atoms with Crippen molar-refractivity contribution in [1.29, 1.82) is 0 Å². The van der Waals surface area contributed by atoms with Gasteiger partial charge in [-0.2, -0.15) is 5.10 Å². The molecule has 0 atom stereocenters. The third-order valence-electron chi connectivity index (χ3n) is 3.75. The van der Waals surface area contributed by atoms with E-state index in [-0.39, 0.29) is 0 Å². The van der Waals surface area contributed by atoms with E-state index < -0.39 is 0 Å². The summed E-state index contributed by atoms with van der Waals surface area (Å²) in [5.41, 5.74) is 4.64. The van der Waals surface area contributed by atoms with Crippen LogP contribution in [0.15, 0.2) is 46.9 Å². The second kappa shape index (κ2) is 5.90. The van der Waals surface area contributed by atoms with Crippen LogP contribution in [0.2, 0.25) is 0 Å². The van der Waals surface area contributed by atoms with Crippen LogP contribution < -0.4 is 5.32 Å². The lowest BCUT2D eigenvalue weighted by Gasteiger charge is -2.09. The molecule has 1 heterocycles. The van der Waals surface area contributed by atoms with E-state index in [1.807, 2.05) is 6.07 Å². The Hall–Kier alpha value is -1.81. The number of anilines is 1. The molecule has 0 radical (unpaired) electrons. The maximum atomic E-state index is 4.72. The molecular formula is C17H18BrN3. The van der Waals surface area contributed by atoms with Crippen molar-refractivity contribution in [3.05, 3.63) is 58.2 Å². The van der Waals surface area contributed by atoms with Crippen molar-refractivity contribution >= 4 is 32.5 Å². The van der Waals surface area contributed by atoms with Crippen LogP contribution >= 0.6 is 15.9 Å². The average Bonchev–Trinajstić information content (AvgIpc) is 2.87. The molecule has 3 aromatic rings. The molecule has 3 nitrogen and oxygen atoms in total. The largest absolute Gasteiger partial charge is 0.379 e. The highest BCUT2D eigenvalue weighted by Gasteiger charge is 2.09. The van der Waals surface area contributed by atoms with Gasteiger partial charge in [0.25, 0.3) is 0 Å². The zero-order valence-electron chi connectivity index (χ0n) is 12.2. The number of halogens is 1. The summed E-state index contributed by atoms with van der Waals surface area (Å²) in [5, 5.41) is 9.43. The van der Waals surface area contributed by atoms with E-state index in [9.17, 15) is 0 Å². The Morgan fingerprint density at radius 3 is 2.76 bits per heavy atom. The fourth-order valence-corrected chi connectivity index (χ4v) is 2.91. The van der Waals surface area contributed by atoms with E-state index in [2.05, 4.69) is 76.2 Å². The fraction of sp³-hybridized carbons (Fsp3) is 0.235. The molecule has 0 saturated carbocycles. The van der Waals surface area contributed by atoms with Crippen molar-refractivity contribution in [1.82, 2.24) is 9.78 Å². The molecule has 1 aromatic heterocycles. The highest BCUT2D eigenvalue weighted by atomic mass is 79.9. The Bertz CT molecular complexity index is 777. The Morgan fingerprint density at radius 2 is 1.95 bits per heavy atom. The molecule has 3 rings (SSSR count). The van der Waals surface area contributed by atoms with E-state index in [0.717, 1.165) is 28.9 Å². The number of hydrogen-bond donors (Lipinski definition) is 1. The Labute approximate surface area is 133 Å². The summed E-state index contributed by atoms with van der Waals surface area (Å²) in [5.74, 6) is 0. The molecule has 2 aromatic carbocycles. The van der Waals surface area contributed by atoms with Crippen LogP contribution in [0.1, 0.15) is 18.2 Å². The van der Waals surface area contributed by atoms with Crippen molar-refractivity contribution in [2.75, 3.05) is 5.32 Å². The molecule has 0 aliphatic rings. The summed E-state index contributed by atoms with van der Waals surface area (Å²) in [6.07, 6.45) is 0. The summed E-state index contributed by atoms with van der Waals surface area (Å²) >= 11 is 3.57. The van der Waals surface area contributed by atoms with Gasteiger partial charge in [0.15, 0.2) is 0 Å². The van der Waals surface area contributed by atoms with Crippen LogP contribution in [0.5, 0.6) is 0 Å². The monoisotopic (exact) mass is 343 g/mol. The molecule has 0 spiro atoms. The van der Waals surface area contributed by atoms with Gasteiger partial charge >= 0.3 is 0 Å². The van der Waals surface area contributed by atoms with Crippen LogP contribution in [0.3, 0.4) is 0 Å². The van der Waals surface area contributed by atoms with Gasteiger partial charge in [-0.05, 0) is 37.6 Å². The number of benzene rings is 2. The van der Waals surface area contributed by atoms with E-state index in [0.29, 0.717) is 0 Å². The number of hydrogen-bond acceptors (Lipinski definition) is 2. The number of fused-ring (bicyclic) bond motifs is 1. The quantitative estimate of drug-likeness (QED) is 0.741. The highest BCUT2D eigenvalue weighted by molar-refractivity contribution is 9.10. The van der Waals surface area contributed by atoms with Crippen LogP contribution in [-0.4, -0.2) is 9.78 Å². The third-order valence-corrected chi connectivity index (χ3v) is 4.61. The van der Waals surface area contributed by atoms with Gasteiger partial charge in [0.1, 0.15) is 0 Å². The topological polar surface area (TPSA) is 29.9 Å². The Morgan fingerprint density at radius 1 is 1.14 bits per heavy atom. The number of nitrogens with zero attached hydrogens (tertiary/aromatic N) is 2. The number of aromatic nitrogens is 2. The standard InChI is InChI=1S/C17H18BrN3/c1-3-21-17-10-5-4-7-13(17)16(20-21)11-19-15-9-6-8-14(18)12(15)2/h4-10,19H,3,11H2,1-2H3. The van der Waals surface area contributed by atoms with Gasteiger partial charge < -0.3 is 5.32 Å². The number of nitrogens with one attached hydrogen (secondary N) is 1. The van der Waals surface area contributed by atoms with Gasteiger partial charge in [-0.3, -0.25) is 4.68 Å². The number of para-hydroxylation sites is 1. The van der Waals surface area contributed by atoms with Crippen LogP contribution in [0.4, 0.5) is 5.69 Å². The molecule has 1 N–H and O–H groups in total. The van der Waals surface area contributed by atoms with Gasteiger partial charge in [-0.25, -0.2) is 0 Å². The zero-order valence-corrected chi connectivity index (χ0v) is 13.8. The third kappa shape index (κ3) is 2.68. The molecule has 0 saturated heterocycles. The van der Waals surface area contributed by atoms with Gasteiger partial charge in [-0.15, -0.1) is 0 Å². The predicted molar refractivity (Wildman–Crippen MR) is 91.6 cm³/mol. The van der Waals surface area contributed by atoms with Gasteiger partial charge in [0.05, 0.1) is 17.8 Å². The van der Waals surface area contributed by atoms with Crippen LogP contribution in [-0.2, 0) is 13.1 Å². The van der Waals surface area contributed by atoms with E-state index in [1.165, 1.54) is 16.5 Å². The molecule has 0 amide bonds. The lowest BCUT2D eigenvalue weighted by atomic mass is 10.2. The first-order chi connectivity index (χ1) is 10.2. The Kier molecular flexibility index (Phi) is 3.97. The molecule has 4 heteroatoms. The molecule has 0 aliphatic heterocycles. The molecule has 0 unspecified atom stereocenters. The van der Waals surface area contributed by atoms with Gasteiger partial charge in [0.2, 0.25) is 0 Å². The number of aryl methyl sites for hydroxylation is 1. The summed E-state index contributed by atoms with van der Waals surface area (Å²) in [6.45, 7) is 5.84. The van der Waals surface area contributed by atoms with Crippen molar-refractivity contribution in [3.63, 3.8) is 0 Å². The average molecular weight is 344 g/mol. The second-order valence-electron chi connectivity index (χ2n) is 5.05. The van der Waals surface area contributed by atoms with Crippen molar-refractivity contribution in [3.8, 4) is 0 Å². The predicted octanol–water partition coefficient (Wildman–Crippen LogP) is 4.74. The lowest BCUT2D eigenvalue weighted by molar-refractivity contribution is 0.671. The van der Waals surface area contributed by atoms with Gasteiger partial charge in [-0.1, -0.05) is 40.2 Å². The summed E-state index contributed by atoms with van der Waals surface area (Å²) < 4.78 is 3.18.